The molecule has 0 radical (unpaired) electrons. The van der Waals surface area contributed by atoms with Crippen molar-refractivity contribution in [2.24, 2.45) is 0 Å². The van der Waals surface area contributed by atoms with Crippen molar-refractivity contribution in [3.8, 4) is 5.69 Å². The normalized spacial score (nSPS) is 10.7. The summed E-state index contributed by atoms with van der Waals surface area (Å²) in [5.41, 5.74) is 3.54. The van der Waals surface area contributed by atoms with E-state index in [2.05, 4.69) is 20.8 Å². The Kier molecular flexibility index (Phi) is 5.62. The van der Waals surface area contributed by atoms with Crippen LogP contribution in [-0.2, 0) is 11.3 Å². The fourth-order valence-electron chi connectivity index (χ4n) is 2.40. The molecule has 3 aromatic rings. The fraction of sp³-hybridized carbons (Fsp3) is 0.222. The molecule has 0 fully saturated rings. The zero-order valence-corrected chi connectivity index (χ0v) is 15.3. The Morgan fingerprint density at radius 2 is 2.00 bits per heavy atom. The number of carbonyl (C=O) groups excluding carboxylic acids is 1. The van der Waals surface area contributed by atoms with E-state index in [4.69, 9.17) is 0 Å². The van der Waals surface area contributed by atoms with E-state index >= 15 is 0 Å². The highest BCUT2D eigenvalue weighted by molar-refractivity contribution is 7.99. The van der Waals surface area contributed by atoms with E-state index in [-0.39, 0.29) is 24.0 Å². The van der Waals surface area contributed by atoms with Gasteiger partial charge in [-0.3, -0.25) is 4.79 Å². The number of hydrogen-bond acceptors (Lipinski definition) is 5. The van der Waals surface area contributed by atoms with Crippen LogP contribution >= 0.6 is 11.8 Å². The van der Waals surface area contributed by atoms with Gasteiger partial charge in [-0.15, -0.1) is 5.10 Å². The van der Waals surface area contributed by atoms with Crippen LogP contribution < -0.4 is 5.32 Å². The summed E-state index contributed by atoms with van der Waals surface area (Å²) in [6, 6.07) is 12.3. The molecule has 0 aliphatic heterocycles. The number of nitrogens with one attached hydrogen (secondary N) is 1. The molecule has 0 atom stereocenters. The maximum Gasteiger partial charge on any atom is 0.230 e. The van der Waals surface area contributed by atoms with Gasteiger partial charge < -0.3 is 5.32 Å². The summed E-state index contributed by atoms with van der Waals surface area (Å²) in [5.74, 6) is -0.409. The van der Waals surface area contributed by atoms with Crippen molar-refractivity contribution >= 4 is 17.7 Å². The summed E-state index contributed by atoms with van der Waals surface area (Å²) < 4.78 is 15.2. The van der Waals surface area contributed by atoms with E-state index in [1.165, 1.54) is 17.8 Å². The zero-order chi connectivity index (χ0) is 18.5. The lowest BCUT2D eigenvalue weighted by atomic mass is 10.1. The number of benzene rings is 2. The number of carbonyl (C=O) groups is 1. The molecule has 1 heterocycles. The Morgan fingerprint density at radius 1 is 1.19 bits per heavy atom. The lowest BCUT2D eigenvalue weighted by molar-refractivity contribution is -0.118. The summed E-state index contributed by atoms with van der Waals surface area (Å²) in [4.78, 5) is 12.1. The Hall–Kier alpha value is -2.74. The van der Waals surface area contributed by atoms with Crippen LogP contribution in [0.5, 0.6) is 0 Å². The first-order chi connectivity index (χ1) is 12.6. The standard InChI is InChI=1S/C18H18FN5OS/c1-12-6-5-9-16(13(12)2)24-18(21-22-23-24)26-11-17(25)20-10-14-7-3-4-8-15(14)19/h3-9H,10-11H2,1-2H3,(H,20,25). The second-order valence-electron chi connectivity index (χ2n) is 5.75. The van der Waals surface area contributed by atoms with Crippen molar-refractivity contribution in [3.63, 3.8) is 0 Å². The Balaban J connectivity index is 1.62. The van der Waals surface area contributed by atoms with E-state index in [0.29, 0.717) is 10.7 Å². The van der Waals surface area contributed by atoms with E-state index in [1.54, 1.807) is 22.9 Å². The van der Waals surface area contributed by atoms with Gasteiger partial charge in [-0.1, -0.05) is 42.1 Å². The van der Waals surface area contributed by atoms with Crippen molar-refractivity contribution in [3.05, 3.63) is 65.0 Å². The molecule has 3 rings (SSSR count). The molecule has 26 heavy (non-hydrogen) atoms. The number of halogens is 1. The van der Waals surface area contributed by atoms with Crippen LogP contribution in [0.3, 0.4) is 0 Å². The number of amides is 1. The largest absolute Gasteiger partial charge is 0.351 e. The van der Waals surface area contributed by atoms with Crippen molar-refractivity contribution < 1.29 is 9.18 Å². The molecule has 1 N–H and O–H groups in total. The minimum atomic E-state index is -0.334. The molecule has 0 spiro atoms. The average Bonchev–Trinajstić information content (AvgIpc) is 3.10. The number of aryl methyl sites for hydroxylation is 1. The van der Waals surface area contributed by atoms with Crippen molar-refractivity contribution in [1.29, 1.82) is 0 Å². The number of tetrazole rings is 1. The van der Waals surface area contributed by atoms with Gasteiger partial charge in [0.2, 0.25) is 11.1 Å². The van der Waals surface area contributed by atoms with Crippen molar-refractivity contribution in [1.82, 2.24) is 25.5 Å². The van der Waals surface area contributed by atoms with Gasteiger partial charge in [0, 0.05) is 12.1 Å². The average molecular weight is 371 g/mol. The Labute approximate surface area is 154 Å². The van der Waals surface area contributed by atoms with Gasteiger partial charge >= 0.3 is 0 Å². The Morgan fingerprint density at radius 3 is 2.81 bits per heavy atom. The molecule has 1 aromatic heterocycles. The number of hydrogen-bond donors (Lipinski definition) is 1. The molecule has 0 saturated carbocycles. The smallest absolute Gasteiger partial charge is 0.230 e. The lowest BCUT2D eigenvalue weighted by Crippen LogP contribution is -2.25. The molecule has 0 aliphatic rings. The van der Waals surface area contributed by atoms with Gasteiger partial charge in [-0.2, -0.15) is 4.68 Å². The predicted octanol–water partition coefficient (Wildman–Crippen LogP) is 2.83. The van der Waals surface area contributed by atoms with Crippen LogP contribution in [0.15, 0.2) is 47.6 Å². The number of nitrogens with zero attached hydrogens (tertiary/aromatic N) is 4. The highest BCUT2D eigenvalue weighted by Crippen LogP contribution is 2.22. The summed E-state index contributed by atoms with van der Waals surface area (Å²) in [6.07, 6.45) is 0. The molecule has 0 saturated heterocycles. The first-order valence-corrected chi connectivity index (χ1v) is 9.02. The highest BCUT2D eigenvalue weighted by atomic mass is 32.2. The number of aromatic nitrogens is 4. The summed E-state index contributed by atoms with van der Waals surface area (Å²) in [6.45, 7) is 4.17. The molecule has 0 aliphatic carbocycles. The maximum atomic E-state index is 13.6. The summed E-state index contributed by atoms with van der Waals surface area (Å²) >= 11 is 1.23. The topological polar surface area (TPSA) is 72.7 Å². The van der Waals surface area contributed by atoms with E-state index in [1.807, 2.05) is 32.0 Å². The van der Waals surface area contributed by atoms with Gasteiger partial charge in [0.15, 0.2) is 0 Å². The van der Waals surface area contributed by atoms with Crippen LogP contribution in [0.25, 0.3) is 5.69 Å². The van der Waals surface area contributed by atoms with E-state index in [0.717, 1.165) is 16.8 Å². The predicted molar refractivity (Wildman–Crippen MR) is 97.6 cm³/mol. The van der Waals surface area contributed by atoms with Crippen LogP contribution in [0.4, 0.5) is 4.39 Å². The summed E-state index contributed by atoms with van der Waals surface area (Å²) in [5, 5.41) is 15.0. The van der Waals surface area contributed by atoms with Gasteiger partial charge in [-0.25, -0.2) is 4.39 Å². The zero-order valence-electron chi connectivity index (χ0n) is 14.4. The molecule has 8 heteroatoms. The first-order valence-electron chi connectivity index (χ1n) is 8.04. The molecule has 0 unspecified atom stereocenters. The molecule has 134 valence electrons. The quantitative estimate of drug-likeness (QED) is 0.675. The first kappa shape index (κ1) is 18.1. The Bertz CT molecular complexity index is 927. The van der Waals surface area contributed by atoms with Crippen LogP contribution in [0.2, 0.25) is 0 Å². The molecule has 1 amide bonds. The van der Waals surface area contributed by atoms with E-state index < -0.39 is 0 Å². The SMILES string of the molecule is Cc1cccc(-n2nnnc2SCC(=O)NCc2ccccc2F)c1C. The molecule has 2 aromatic carbocycles. The minimum absolute atomic E-state index is 0.139. The van der Waals surface area contributed by atoms with Crippen LogP contribution in [0.1, 0.15) is 16.7 Å². The van der Waals surface area contributed by atoms with Crippen molar-refractivity contribution in [2.75, 3.05) is 5.75 Å². The number of rotatable bonds is 6. The van der Waals surface area contributed by atoms with Gasteiger partial charge in [0.25, 0.3) is 0 Å². The fourth-order valence-corrected chi connectivity index (χ4v) is 3.12. The monoisotopic (exact) mass is 371 g/mol. The van der Waals surface area contributed by atoms with Crippen LogP contribution in [0, 0.1) is 19.7 Å². The van der Waals surface area contributed by atoms with Gasteiger partial charge in [-0.05, 0) is 47.5 Å². The minimum Gasteiger partial charge on any atom is -0.351 e. The molecular formula is C18H18FN5OS. The third kappa shape index (κ3) is 4.08. The second kappa shape index (κ2) is 8.09. The van der Waals surface area contributed by atoms with E-state index in [9.17, 15) is 9.18 Å². The third-order valence-electron chi connectivity index (χ3n) is 4.01. The summed E-state index contributed by atoms with van der Waals surface area (Å²) in [7, 11) is 0. The third-order valence-corrected chi connectivity index (χ3v) is 4.93. The lowest BCUT2D eigenvalue weighted by Gasteiger charge is -2.09. The number of thioether (sulfide) groups is 1. The molecule has 6 nitrogen and oxygen atoms in total. The van der Waals surface area contributed by atoms with Crippen LogP contribution in [-0.4, -0.2) is 31.9 Å². The molecular weight excluding hydrogens is 353 g/mol. The highest BCUT2D eigenvalue weighted by Gasteiger charge is 2.14. The molecule has 0 bridgehead atoms. The second-order valence-corrected chi connectivity index (χ2v) is 6.69. The van der Waals surface area contributed by atoms with Crippen molar-refractivity contribution in [2.45, 2.75) is 25.5 Å². The van der Waals surface area contributed by atoms with Gasteiger partial charge in [0.05, 0.1) is 11.4 Å². The van der Waals surface area contributed by atoms with Gasteiger partial charge in [0.1, 0.15) is 5.82 Å². The maximum absolute atomic E-state index is 13.6.